The first-order valence-corrected chi connectivity index (χ1v) is 6.23. The molecule has 0 fully saturated rings. The average molecular weight is 278 g/mol. The number of carbonyl (C=O) groups excluding carboxylic acids is 1. The lowest BCUT2D eigenvalue weighted by Crippen LogP contribution is -2.15. The van der Waals surface area contributed by atoms with E-state index >= 15 is 0 Å². The summed E-state index contributed by atoms with van der Waals surface area (Å²) < 4.78 is 12.9. The Morgan fingerprint density at radius 3 is 2.53 bits per heavy atom. The number of aryl methyl sites for hydroxylation is 1. The second-order valence-corrected chi connectivity index (χ2v) is 4.75. The zero-order valence-corrected chi connectivity index (χ0v) is 11.2. The number of amides is 1. The third-order valence-corrected chi connectivity index (χ3v) is 2.99. The predicted molar refractivity (Wildman–Crippen MR) is 74.9 cm³/mol. The second kappa shape index (κ2) is 5.85. The molecule has 0 aliphatic heterocycles. The largest absolute Gasteiger partial charge is 0.326 e. The minimum atomic E-state index is -0.312. The van der Waals surface area contributed by atoms with Crippen LogP contribution in [0.3, 0.4) is 0 Å². The minimum absolute atomic E-state index is 0.142. The van der Waals surface area contributed by atoms with Crippen molar-refractivity contribution in [3.05, 3.63) is 64.4 Å². The molecular weight excluding hydrogens is 265 g/mol. The lowest BCUT2D eigenvalue weighted by molar-refractivity contribution is -0.115. The van der Waals surface area contributed by atoms with Crippen LogP contribution in [0.15, 0.2) is 42.5 Å². The van der Waals surface area contributed by atoms with Gasteiger partial charge in [0.05, 0.1) is 6.42 Å². The van der Waals surface area contributed by atoms with Crippen molar-refractivity contribution < 1.29 is 9.18 Å². The Morgan fingerprint density at radius 1 is 1.21 bits per heavy atom. The molecule has 0 radical (unpaired) electrons. The normalized spacial score (nSPS) is 10.3. The zero-order valence-electron chi connectivity index (χ0n) is 10.4. The standard InChI is InChI=1S/C15H13ClFNO/c1-10-8-13(17)6-7-14(10)18-15(19)9-11-2-4-12(16)5-3-11/h2-8H,9H2,1H3,(H,18,19). The molecule has 0 aliphatic rings. The molecule has 2 aromatic carbocycles. The molecule has 0 spiro atoms. The molecule has 19 heavy (non-hydrogen) atoms. The fraction of sp³-hybridized carbons (Fsp3) is 0.133. The summed E-state index contributed by atoms with van der Waals surface area (Å²) in [7, 11) is 0. The fourth-order valence-corrected chi connectivity index (χ4v) is 1.88. The SMILES string of the molecule is Cc1cc(F)ccc1NC(=O)Cc1ccc(Cl)cc1. The van der Waals surface area contributed by atoms with Crippen LogP contribution in [0.2, 0.25) is 5.02 Å². The van der Waals surface area contributed by atoms with E-state index in [1.54, 1.807) is 37.3 Å². The number of benzene rings is 2. The van der Waals surface area contributed by atoms with Crippen molar-refractivity contribution in [1.29, 1.82) is 0 Å². The second-order valence-electron chi connectivity index (χ2n) is 4.31. The molecule has 2 aromatic rings. The fourth-order valence-electron chi connectivity index (χ4n) is 1.75. The van der Waals surface area contributed by atoms with Crippen molar-refractivity contribution >= 4 is 23.2 Å². The number of hydrogen-bond donors (Lipinski definition) is 1. The summed E-state index contributed by atoms with van der Waals surface area (Å²) >= 11 is 5.78. The number of carbonyl (C=O) groups is 1. The summed E-state index contributed by atoms with van der Waals surface area (Å²) in [6.07, 6.45) is 0.258. The molecule has 0 unspecified atom stereocenters. The Morgan fingerprint density at radius 2 is 1.89 bits per heavy atom. The maximum atomic E-state index is 12.9. The average Bonchev–Trinajstić information content (AvgIpc) is 2.36. The Hall–Kier alpha value is -1.87. The van der Waals surface area contributed by atoms with Crippen molar-refractivity contribution in [2.45, 2.75) is 13.3 Å². The van der Waals surface area contributed by atoms with Gasteiger partial charge in [0.15, 0.2) is 0 Å². The lowest BCUT2D eigenvalue weighted by atomic mass is 10.1. The van der Waals surface area contributed by atoms with Crippen molar-refractivity contribution in [1.82, 2.24) is 0 Å². The highest BCUT2D eigenvalue weighted by Gasteiger charge is 2.06. The number of anilines is 1. The third-order valence-electron chi connectivity index (χ3n) is 2.74. The van der Waals surface area contributed by atoms with E-state index in [2.05, 4.69) is 5.32 Å². The van der Waals surface area contributed by atoms with Crippen LogP contribution in [0.5, 0.6) is 0 Å². The first kappa shape index (κ1) is 13.6. The van der Waals surface area contributed by atoms with Gasteiger partial charge in [-0.25, -0.2) is 4.39 Å². The molecule has 0 saturated carbocycles. The zero-order chi connectivity index (χ0) is 13.8. The van der Waals surface area contributed by atoms with Crippen LogP contribution in [0, 0.1) is 12.7 Å². The van der Waals surface area contributed by atoms with Crippen molar-refractivity contribution in [2.24, 2.45) is 0 Å². The van der Waals surface area contributed by atoms with E-state index < -0.39 is 0 Å². The van der Waals surface area contributed by atoms with Gasteiger partial charge in [-0.15, -0.1) is 0 Å². The molecule has 4 heteroatoms. The first-order chi connectivity index (χ1) is 9.04. The Labute approximate surface area is 116 Å². The van der Waals surface area contributed by atoms with Crippen LogP contribution < -0.4 is 5.32 Å². The van der Waals surface area contributed by atoms with Crippen LogP contribution in [-0.2, 0) is 11.2 Å². The van der Waals surface area contributed by atoms with Crippen LogP contribution in [-0.4, -0.2) is 5.91 Å². The molecule has 0 bridgehead atoms. The van der Waals surface area contributed by atoms with E-state index in [9.17, 15) is 9.18 Å². The van der Waals surface area contributed by atoms with Crippen LogP contribution in [0.25, 0.3) is 0 Å². The molecule has 2 rings (SSSR count). The smallest absolute Gasteiger partial charge is 0.228 e. The lowest BCUT2D eigenvalue weighted by Gasteiger charge is -2.08. The van der Waals surface area contributed by atoms with Gasteiger partial charge in [-0.1, -0.05) is 23.7 Å². The van der Waals surface area contributed by atoms with Crippen LogP contribution >= 0.6 is 11.6 Å². The monoisotopic (exact) mass is 277 g/mol. The van der Waals surface area contributed by atoms with Gasteiger partial charge < -0.3 is 5.32 Å². The molecule has 2 nitrogen and oxygen atoms in total. The summed E-state index contributed by atoms with van der Waals surface area (Å²) in [5.74, 6) is -0.453. The maximum absolute atomic E-state index is 12.9. The summed E-state index contributed by atoms with van der Waals surface area (Å²) in [6, 6.07) is 11.4. The summed E-state index contributed by atoms with van der Waals surface area (Å²) in [6.45, 7) is 1.75. The van der Waals surface area contributed by atoms with Gasteiger partial charge in [-0.3, -0.25) is 4.79 Å². The highest BCUT2D eigenvalue weighted by Crippen LogP contribution is 2.16. The Kier molecular flexibility index (Phi) is 4.17. The molecule has 1 N–H and O–H groups in total. The summed E-state index contributed by atoms with van der Waals surface area (Å²) in [4.78, 5) is 11.9. The number of nitrogens with one attached hydrogen (secondary N) is 1. The van der Waals surface area contributed by atoms with E-state index in [0.29, 0.717) is 16.3 Å². The van der Waals surface area contributed by atoms with E-state index in [4.69, 9.17) is 11.6 Å². The molecule has 98 valence electrons. The molecular formula is C15H13ClFNO. The number of rotatable bonds is 3. The van der Waals surface area contributed by atoms with Crippen LogP contribution in [0.1, 0.15) is 11.1 Å². The van der Waals surface area contributed by atoms with Crippen molar-refractivity contribution in [3.63, 3.8) is 0 Å². The molecule has 0 aliphatic carbocycles. The quantitative estimate of drug-likeness (QED) is 0.904. The van der Waals surface area contributed by atoms with E-state index in [1.807, 2.05) is 0 Å². The highest BCUT2D eigenvalue weighted by molar-refractivity contribution is 6.30. The van der Waals surface area contributed by atoms with E-state index in [1.165, 1.54) is 12.1 Å². The van der Waals surface area contributed by atoms with Gasteiger partial charge in [0, 0.05) is 10.7 Å². The number of hydrogen-bond acceptors (Lipinski definition) is 1. The third kappa shape index (κ3) is 3.80. The maximum Gasteiger partial charge on any atom is 0.228 e. The van der Waals surface area contributed by atoms with E-state index in [0.717, 1.165) is 5.56 Å². The van der Waals surface area contributed by atoms with Crippen molar-refractivity contribution in [3.8, 4) is 0 Å². The van der Waals surface area contributed by atoms with E-state index in [-0.39, 0.29) is 18.1 Å². The minimum Gasteiger partial charge on any atom is -0.326 e. The van der Waals surface area contributed by atoms with Crippen LogP contribution in [0.4, 0.5) is 10.1 Å². The Balaban J connectivity index is 2.03. The van der Waals surface area contributed by atoms with Gasteiger partial charge in [-0.05, 0) is 48.4 Å². The molecule has 0 saturated heterocycles. The molecule has 1 amide bonds. The first-order valence-electron chi connectivity index (χ1n) is 5.85. The molecule has 0 heterocycles. The van der Waals surface area contributed by atoms with Crippen molar-refractivity contribution in [2.75, 3.05) is 5.32 Å². The Bertz CT molecular complexity index is 596. The summed E-state index contributed by atoms with van der Waals surface area (Å²) in [5.41, 5.74) is 2.20. The topological polar surface area (TPSA) is 29.1 Å². The van der Waals surface area contributed by atoms with Gasteiger partial charge >= 0.3 is 0 Å². The van der Waals surface area contributed by atoms with Gasteiger partial charge in [0.25, 0.3) is 0 Å². The number of halogens is 2. The van der Waals surface area contributed by atoms with Gasteiger partial charge in [0.2, 0.25) is 5.91 Å². The predicted octanol–water partition coefficient (Wildman–Crippen LogP) is 3.97. The van der Waals surface area contributed by atoms with Gasteiger partial charge in [-0.2, -0.15) is 0 Å². The summed E-state index contributed by atoms with van der Waals surface area (Å²) in [5, 5.41) is 3.40. The highest BCUT2D eigenvalue weighted by atomic mass is 35.5. The molecule has 0 aromatic heterocycles. The molecule has 0 atom stereocenters. The van der Waals surface area contributed by atoms with Gasteiger partial charge in [0.1, 0.15) is 5.82 Å².